The molecule has 1 N–H and O–H groups in total. The lowest BCUT2D eigenvalue weighted by atomic mass is 10.0. The molecule has 1 fully saturated rings. The van der Waals surface area contributed by atoms with Crippen molar-refractivity contribution in [2.45, 2.75) is 6.18 Å². The average molecular weight is 429 g/mol. The van der Waals surface area contributed by atoms with E-state index in [-0.39, 0.29) is 10.7 Å². The van der Waals surface area contributed by atoms with E-state index < -0.39 is 34.9 Å². The van der Waals surface area contributed by atoms with E-state index in [1.807, 2.05) is 0 Å². The van der Waals surface area contributed by atoms with Crippen LogP contribution < -0.4 is 10.2 Å². The fraction of sp³-hybridized carbons (Fsp3) is 0.0556. The molecule has 0 aromatic heterocycles. The smallest absolute Gasteiger partial charge is 0.298 e. The molecule has 144 valence electrons. The van der Waals surface area contributed by atoms with Crippen LogP contribution >= 0.6 is 23.8 Å². The van der Waals surface area contributed by atoms with Crippen LogP contribution in [0.5, 0.6) is 0 Å². The first-order chi connectivity index (χ1) is 13.1. The summed E-state index contributed by atoms with van der Waals surface area (Å²) in [7, 11) is 0. The zero-order valence-electron chi connectivity index (χ0n) is 13.7. The monoisotopic (exact) mass is 428 g/mol. The Labute approximate surface area is 166 Å². The van der Waals surface area contributed by atoms with E-state index in [0.29, 0.717) is 22.8 Å². The zero-order valence-corrected chi connectivity index (χ0v) is 15.3. The van der Waals surface area contributed by atoms with E-state index >= 15 is 0 Å². The second kappa shape index (κ2) is 7.33. The zero-order chi connectivity index (χ0) is 20.6. The van der Waals surface area contributed by atoms with Gasteiger partial charge in [-0.3, -0.25) is 19.8 Å². The summed E-state index contributed by atoms with van der Waals surface area (Å²) < 4.78 is 52.1. The number of carbonyl (C=O) groups is 2. The first kappa shape index (κ1) is 20.0. The van der Waals surface area contributed by atoms with Crippen molar-refractivity contribution in [3.63, 3.8) is 0 Å². The molecule has 0 spiro atoms. The largest absolute Gasteiger partial charge is 0.419 e. The molecule has 2 aromatic rings. The van der Waals surface area contributed by atoms with Crippen molar-refractivity contribution < 1.29 is 27.2 Å². The molecule has 0 bridgehead atoms. The number of hydrogen-bond donors (Lipinski definition) is 1. The molecule has 1 aliphatic rings. The topological polar surface area (TPSA) is 49.4 Å². The van der Waals surface area contributed by atoms with Crippen molar-refractivity contribution in [3.05, 3.63) is 70.0 Å². The van der Waals surface area contributed by atoms with Gasteiger partial charge in [0.2, 0.25) is 0 Å². The minimum Gasteiger partial charge on any atom is -0.298 e. The summed E-state index contributed by atoms with van der Waals surface area (Å²) in [6.45, 7) is 0. The highest BCUT2D eigenvalue weighted by atomic mass is 35.5. The van der Waals surface area contributed by atoms with Crippen LogP contribution in [-0.2, 0) is 15.8 Å². The Kier molecular flexibility index (Phi) is 5.22. The number of hydrogen-bond acceptors (Lipinski definition) is 3. The SMILES string of the molecule is O=C1NC(=S)N(c2ccc(Cl)cc2)C(=O)C1=Cc1ccc(F)c(C(F)(F)F)c1. The van der Waals surface area contributed by atoms with Crippen LogP contribution in [0.15, 0.2) is 48.0 Å². The van der Waals surface area contributed by atoms with Crippen molar-refractivity contribution in [1.29, 1.82) is 0 Å². The number of benzene rings is 2. The normalized spacial score (nSPS) is 16.5. The molecule has 28 heavy (non-hydrogen) atoms. The Morgan fingerprint density at radius 1 is 1.07 bits per heavy atom. The summed E-state index contributed by atoms with van der Waals surface area (Å²) in [5.41, 5.74) is -1.82. The molecule has 2 amide bonds. The number of nitrogens with one attached hydrogen (secondary N) is 1. The number of thiocarbonyl (C=S) groups is 1. The fourth-order valence-corrected chi connectivity index (χ4v) is 2.91. The molecule has 0 unspecified atom stereocenters. The third-order valence-electron chi connectivity index (χ3n) is 3.79. The van der Waals surface area contributed by atoms with Crippen LogP contribution in [0.4, 0.5) is 23.2 Å². The maximum Gasteiger partial charge on any atom is 0.419 e. The van der Waals surface area contributed by atoms with Crippen LogP contribution in [0.3, 0.4) is 0 Å². The molecular formula is C18H9ClF4N2O2S. The Morgan fingerprint density at radius 3 is 2.32 bits per heavy atom. The number of carbonyl (C=O) groups excluding carboxylic acids is 2. The van der Waals surface area contributed by atoms with Crippen molar-refractivity contribution >= 4 is 52.5 Å². The molecule has 0 atom stereocenters. The highest BCUT2D eigenvalue weighted by Gasteiger charge is 2.36. The Bertz CT molecular complexity index is 1020. The number of rotatable bonds is 2. The maximum absolute atomic E-state index is 13.4. The third kappa shape index (κ3) is 3.90. The minimum absolute atomic E-state index is 0.170. The molecule has 0 radical (unpaired) electrons. The lowest BCUT2D eigenvalue weighted by molar-refractivity contribution is -0.140. The van der Waals surface area contributed by atoms with E-state index in [1.54, 1.807) is 0 Å². The van der Waals surface area contributed by atoms with E-state index in [4.69, 9.17) is 23.8 Å². The van der Waals surface area contributed by atoms with E-state index in [0.717, 1.165) is 17.0 Å². The van der Waals surface area contributed by atoms with Crippen LogP contribution in [0.2, 0.25) is 5.02 Å². The lowest BCUT2D eigenvalue weighted by Gasteiger charge is -2.29. The van der Waals surface area contributed by atoms with Gasteiger partial charge in [0.1, 0.15) is 11.4 Å². The molecular weight excluding hydrogens is 420 g/mol. The first-order valence-corrected chi connectivity index (χ1v) is 8.40. The molecule has 1 saturated heterocycles. The molecule has 1 aliphatic heterocycles. The van der Waals surface area contributed by atoms with Crippen molar-refractivity contribution in [2.75, 3.05) is 4.90 Å². The maximum atomic E-state index is 13.4. The van der Waals surface area contributed by atoms with E-state index in [2.05, 4.69) is 5.32 Å². The molecule has 2 aromatic carbocycles. The fourth-order valence-electron chi connectivity index (χ4n) is 2.50. The first-order valence-electron chi connectivity index (χ1n) is 7.61. The van der Waals surface area contributed by atoms with Crippen molar-refractivity contribution in [3.8, 4) is 0 Å². The van der Waals surface area contributed by atoms with Crippen molar-refractivity contribution in [2.24, 2.45) is 0 Å². The number of anilines is 1. The highest BCUT2D eigenvalue weighted by molar-refractivity contribution is 7.80. The number of halogens is 5. The third-order valence-corrected chi connectivity index (χ3v) is 4.33. The molecule has 3 rings (SSSR count). The van der Waals surface area contributed by atoms with Gasteiger partial charge in [-0.05, 0) is 60.3 Å². The van der Waals surface area contributed by atoms with Gasteiger partial charge in [-0.1, -0.05) is 17.7 Å². The summed E-state index contributed by atoms with van der Waals surface area (Å²) in [5, 5.41) is 2.52. The molecule has 0 aliphatic carbocycles. The molecule has 1 heterocycles. The second-order valence-electron chi connectivity index (χ2n) is 5.67. The summed E-state index contributed by atoms with van der Waals surface area (Å²) in [6.07, 6.45) is -3.98. The Balaban J connectivity index is 2.03. The summed E-state index contributed by atoms with van der Waals surface area (Å²) in [6, 6.07) is 8.13. The van der Waals surface area contributed by atoms with Gasteiger partial charge in [-0.2, -0.15) is 13.2 Å². The van der Waals surface area contributed by atoms with E-state index in [1.165, 1.54) is 24.3 Å². The van der Waals surface area contributed by atoms with Crippen LogP contribution in [-0.4, -0.2) is 16.9 Å². The van der Waals surface area contributed by atoms with Crippen LogP contribution in [0, 0.1) is 5.82 Å². The van der Waals surface area contributed by atoms with Gasteiger partial charge < -0.3 is 0 Å². The van der Waals surface area contributed by atoms with Gasteiger partial charge in [0.25, 0.3) is 11.8 Å². The van der Waals surface area contributed by atoms with Gasteiger partial charge >= 0.3 is 6.18 Å². The summed E-state index contributed by atoms with van der Waals surface area (Å²) >= 11 is 10.8. The van der Waals surface area contributed by atoms with Crippen LogP contribution in [0.1, 0.15) is 11.1 Å². The minimum atomic E-state index is -4.92. The molecule has 10 heteroatoms. The molecule has 0 saturated carbocycles. The molecule has 4 nitrogen and oxygen atoms in total. The summed E-state index contributed by atoms with van der Waals surface area (Å²) in [4.78, 5) is 25.9. The van der Waals surface area contributed by atoms with Crippen LogP contribution in [0.25, 0.3) is 6.08 Å². The standard InChI is InChI=1S/C18H9ClF4N2O2S/c19-10-2-4-11(5-3-10)25-16(27)12(15(26)24-17(25)28)7-9-1-6-14(20)13(8-9)18(21,22)23/h1-8H,(H,24,26,28). The number of alkyl halides is 3. The van der Waals surface area contributed by atoms with Gasteiger partial charge in [0, 0.05) is 5.02 Å². The predicted octanol–water partition coefficient (Wildman–Crippen LogP) is 4.33. The number of amides is 2. The second-order valence-corrected chi connectivity index (χ2v) is 6.49. The highest BCUT2D eigenvalue weighted by Crippen LogP contribution is 2.32. The summed E-state index contributed by atoms with van der Waals surface area (Å²) in [5.74, 6) is -3.18. The average Bonchev–Trinajstić information content (AvgIpc) is 2.60. The lowest BCUT2D eigenvalue weighted by Crippen LogP contribution is -2.54. The van der Waals surface area contributed by atoms with Gasteiger partial charge in [-0.25, -0.2) is 4.39 Å². The van der Waals surface area contributed by atoms with Gasteiger partial charge in [-0.15, -0.1) is 0 Å². The van der Waals surface area contributed by atoms with E-state index in [9.17, 15) is 27.2 Å². The predicted molar refractivity (Wildman–Crippen MR) is 99.1 cm³/mol. The van der Waals surface area contributed by atoms with Gasteiger partial charge in [0.15, 0.2) is 5.11 Å². The van der Waals surface area contributed by atoms with Gasteiger partial charge in [0.05, 0.1) is 11.3 Å². The number of nitrogens with zero attached hydrogens (tertiary/aromatic N) is 1. The Morgan fingerprint density at radius 2 is 1.71 bits per heavy atom. The Hall–Kier alpha value is -2.78. The quantitative estimate of drug-likeness (QED) is 0.335. The van der Waals surface area contributed by atoms with Crippen molar-refractivity contribution in [1.82, 2.24) is 5.32 Å².